The monoisotopic (exact) mass is 498 g/mol. The Morgan fingerprint density at radius 2 is 1.58 bits per heavy atom. The van der Waals surface area contributed by atoms with E-state index in [0.29, 0.717) is 17.2 Å². The van der Waals surface area contributed by atoms with Gasteiger partial charge in [-0.1, -0.05) is 23.2 Å². The molecule has 33 heavy (non-hydrogen) atoms. The number of aromatic carboxylic acids is 1. The maximum atomic E-state index is 13.6. The van der Waals surface area contributed by atoms with Gasteiger partial charge in [-0.2, -0.15) is 4.39 Å². The Balaban J connectivity index is 1.67. The first-order valence-electron chi connectivity index (χ1n) is 9.18. The summed E-state index contributed by atoms with van der Waals surface area (Å²) in [6, 6.07) is 9.20. The molecule has 0 bridgehead atoms. The van der Waals surface area contributed by atoms with Gasteiger partial charge in [0.15, 0.2) is 17.4 Å². The van der Waals surface area contributed by atoms with E-state index in [1.54, 1.807) is 0 Å². The molecule has 6 nitrogen and oxygen atoms in total. The Labute approximate surface area is 195 Å². The van der Waals surface area contributed by atoms with Crippen molar-refractivity contribution in [3.8, 4) is 11.5 Å². The predicted octanol–water partition coefficient (Wildman–Crippen LogP) is 4.48. The van der Waals surface area contributed by atoms with E-state index >= 15 is 0 Å². The van der Waals surface area contributed by atoms with Gasteiger partial charge in [-0.15, -0.1) is 0 Å². The van der Waals surface area contributed by atoms with Crippen molar-refractivity contribution in [3.05, 3.63) is 87.2 Å². The van der Waals surface area contributed by atoms with Crippen LogP contribution in [0.4, 0.5) is 18.9 Å². The van der Waals surface area contributed by atoms with Crippen LogP contribution < -0.4 is 19.9 Å². The quantitative estimate of drug-likeness (QED) is 0.365. The Morgan fingerprint density at radius 3 is 2.27 bits per heavy atom. The number of carboxylic acid groups (broad SMARTS) is 1. The van der Waals surface area contributed by atoms with E-state index in [1.807, 2.05) is 0 Å². The second-order valence-electron chi connectivity index (χ2n) is 6.44. The third-order valence-electron chi connectivity index (χ3n) is 4.24. The number of carbonyl (C=O) groups excluding carboxylic acids is 2. The maximum absolute atomic E-state index is 13.6. The number of hydrogen-bond acceptors (Lipinski definition) is 5. The number of carbonyl (C=O) groups is 2. The van der Waals surface area contributed by atoms with E-state index in [4.69, 9.17) is 32.7 Å². The van der Waals surface area contributed by atoms with Crippen molar-refractivity contribution >= 4 is 40.8 Å². The van der Waals surface area contributed by atoms with Crippen LogP contribution in [-0.4, -0.2) is 25.1 Å². The summed E-state index contributed by atoms with van der Waals surface area (Å²) in [7, 11) is 0. The molecule has 0 saturated heterocycles. The summed E-state index contributed by atoms with van der Waals surface area (Å²) < 4.78 is 50.5. The number of rotatable bonds is 8. The molecule has 0 aliphatic heterocycles. The number of hydrogen-bond donors (Lipinski definition) is 1. The summed E-state index contributed by atoms with van der Waals surface area (Å²) in [6.07, 6.45) is 0. The Morgan fingerprint density at radius 1 is 0.879 bits per heavy atom. The van der Waals surface area contributed by atoms with Gasteiger partial charge in [-0.3, -0.25) is 4.79 Å². The fraction of sp³-hybridized carbons (Fsp3) is 0.0909. The molecule has 0 saturated carbocycles. The smallest absolute Gasteiger partial charge is 0.257 e. The highest BCUT2D eigenvalue weighted by atomic mass is 35.5. The average Bonchev–Trinajstić information content (AvgIpc) is 2.76. The maximum Gasteiger partial charge on any atom is 0.257 e. The first-order chi connectivity index (χ1) is 15.7. The molecule has 0 atom stereocenters. The number of amides is 1. The molecule has 0 aliphatic carbocycles. The molecule has 3 aromatic rings. The van der Waals surface area contributed by atoms with Crippen LogP contribution in [0.25, 0.3) is 0 Å². The van der Waals surface area contributed by atoms with Crippen molar-refractivity contribution in [1.29, 1.82) is 0 Å². The van der Waals surface area contributed by atoms with Crippen molar-refractivity contribution in [3.63, 3.8) is 0 Å². The summed E-state index contributed by atoms with van der Waals surface area (Å²) in [5.41, 5.74) is -0.410. The van der Waals surface area contributed by atoms with Gasteiger partial charge in [0.2, 0.25) is 5.82 Å². The first-order valence-corrected chi connectivity index (χ1v) is 9.94. The number of nitrogens with one attached hydrogen (secondary N) is 1. The van der Waals surface area contributed by atoms with Gasteiger partial charge < -0.3 is 24.7 Å². The Kier molecular flexibility index (Phi) is 7.67. The first kappa shape index (κ1) is 24.2. The lowest BCUT2D eigenvalue weighted by molar-refractivity contribution is -0.254. The fourth-order valence-electron chi connectivity index (χ4n) is 2.70. The van der Waals surface area contributed by atoms with Crippen LogP contribution in [0.1, 0.15) is 20.7 Å². The van der Waals surface area contributed by atoms with E-state index < -0.39 is 40.6 Å². The van der Waals surface area contributed by atoms with E-state index in [1.165, 1.54) is 30.3 Å². The summed E-state index contributed by atoms with van der Waals surface area (Å²) in [5.74, 6) is -6.97. The van der Waals surface area contributed by atoms with Gasteiger partial charge in [0.05, 0.1) is 22.2 Å². The van der Waals surface area contributed by atoms with Crippen LogP contribution in [0.15, 0.2) is 48.5 Å². The minimum absolute atomic E-state index is 0.0421. The van der Waals surface area contributed by atoms with Crippen LogP contribution in [-0.2, 0) is 0 Å². The number of halogens is 5. The van der Waals surface area contributed by atoms with Gasteiger partial charge in [0.1, 0.15) is 19.0 Å². The molecule has 0 aliphatic rings. The Bertz CT molecular complexity index is 1220. The zero-order chi connectivity index (χ0) is 24.1. The summed E-state index contributed by atoms with van der Waals surface area (Å²) in [5, 5.41) is 14.3. The zero-order valence-electron chi connectivity index (χ0n) is 16.5. The average molecular weight is 499 g/mol. The van der Waals surface area contributed by atoms with Crippen LogP contribution in [0.2, 0.25) is 10.0 Å². The molecule has 0 fully saturated rings. The molecule has 0 spiro atoms. The van der Waals surface area contributed by atoms with Gasteiger partial charge in [-0.05, 0) is 48.5 Å². The normalized spacial score (nSPS) is 10.6. The standard InChI is InChI=1S/C22H14Cl2F3NO5/c23-11-1-3-13(15(24)9-11)21(29)28-18-6-2-12(10-14(18)22(30)31)32-7-8-33-20-17(26)5-4-16(25)19(20)27/h1-6,9-10H,7-8H2,(H,28,29)(H,30,31)/p-1. The minimum Gasteiger partial charge on any atom is -0.545 e. The lowest BCUT2D eigenvalue weighted by Crippen LogP contribution is -2.25. The van der Waals surface area contributed by atoms with Crippen LogP contribution >= 0.6 is 23.2 Å². The number of benzene rings is 3. The highest BCUT2D eigenvalue weighted by Crippen LogP contribution is 2.26. The van der Waals surface area contributed by atoms with Crippen molar-refractivity contribution in [1.82, 2.24) is 0 Å². The second kappa shape index (κ2) is 10.5. The summed E-state index contributed by atoms with van der Waals surface area (Å²) in [6.45, 7) is -0.626. The lowest BCUT2D eigenvalue weighted by atomic mass is 10.1. The number of anilines is 1. The highest BCUT2D eigenvalue weighted by Gasteiger charge is 2.16. The molecular formula is C22H13Cl2F3NO5-. The SMILES string of the molecule is O=C(Nc1ccc(OCCOc2c(F)ccc(F)c2F)cc1C(=O)[O-])c1ccc(Cl)cc1Cl. The van der Waals surface area contributed by atoms with Crippen molar-refractivity contribution in [2.45, 2.75) is 0 Å². The molecule has 0 heterocycles. The summed E-state index contributed by atoms with van der Waals surface area (Å²) >= 11 is 11.8. The molecule has 0 aromatic heterocycles. The van der Waals surface area contributed by atoms with Crippen LogP contribution in [0.5, 0.6) is 11.5 Å². The molecule has 3 aromatic carbocycles. The van der Waals surface area contributed by atoms with Crippen molar-refractivity contribution in [2.75, 3.05) is 18.5 Å². The predicted molar refractivity (Wildman–Crippen MR) is 112 cm³/mol. The zero-order valence-corrected chi connectivity index (χ0v) is 18.0. The van der Waals surface area contributed by atoms with Gasteiger partial charge in [0, 0.05) is 10.6 Å². The lowest BCUT2D eigenvalue weighted by Gasteiger charge is -2.15. The van der Waals surface area contributed by atoms with Crippen molar-refractivity contribution < 1.29 is 37.3 Å². The summed E-state index contributed by atoms with van der Waals surface area (Å²) in [4.78, 5) is 24.0. The molecular weight excluding hydrogens is 486 g/mol. The fourth-order valence-corrected chi connectivity index (χ4v) is 3.19. The molecule has 1 N–H and O–H groups in total. The molecule has 0 unspecified atom stereocenters. The largest absolute Gasteiger partial charge is 0.545 e. The molecule has 0 radical (unpaired) electrons. The number of ether oxygens (including phenoxy) is 2. The Hall–Kier alpha value is -3.43. The molecule has 1 amide bonds. The van der Waals surface area contributed by atoms with E-state index in [9.17, 15) is 27.9 Å². The molecule has 11 heteroatoms. The van der Waals surface area contributed by atoms with E-state index in [-0.39, 0.29) is 35.2 Å². The molecule has 172 valence electrons. The van der Waals surface area contributed by atoms with Crippen LogP contribution in [0.3, 0.4) is 0 Å². The molecule has 3 rings (SSSR count). The third kappa shape index (κ3) is 5.88. The third-order valence-corrected chi connectivity index (χ3v) is 4.78. The number of carboxylic acids is 1. The topological polar surface area (TPSA) is 87.7 Å². The van der Waals surface area contributed by atoms with E-state index in [0.717, 1.165) is 6.07 Å². The van der Waals surface area contributed by atoms with Gasteiger partial charge in [0.25, 0.3) is 5.91 Å². The van der Waals surface area contributed by atoms with Gasteiger partial charge in [-0.25, -0.2) is 8.78 Å². The van der Waals surface area contributed by atoms with Crippen LogP contribution in [0, 0.1) is 17.5 Å². The van der Waals surface area contributed by atoms with Crippen molar-refractivity contribution in [2.24, 2.45) is 0 Å². The minimum atomic E-state index is -1.60. The van der Waals surface area contributed by atoms with Gasteiger partial charge >= 0.3 is 0 Å². The van der Waals surface area contributed by atoms with E-state index in [2.05, 4.69) is 5.32 Å². The second-order valence-corrected chi connectivity index (χ2v) is 7.29. The highest BCUT2D eigenvalue weighted by molar-refractivity contribution is 6.37.